The lowest BCUT2D eigenvalue weighted by molar-refractivity contribution is -0.140. The Morgan fingerprint density at radius 2 is 2.20 bits per heavy atom. The number of methoxy groups -OCH3 is 2. The van der Waals surface area contributed by atoms with E-state index in [4.69, 9.17) is 4.74 Å². The molecule has 0 unspecified atom stereocenters. The van der Waals surface area contributed by atoms with Crippen molar-refractivity contribution in [3.8, 4) is 5.75 Å². The predicted octanol–water partition coefficient (Wildman–Crippen LogP) is 1.60. The Balaban J connectivity index is 2.09. The highest BCUT2D eigenvalue weighted by Crippen LogP contribution is 2.31. The number of nitrogens with zero attached hydrogens (tertiary/aromatic N) is 1. The number of fused-ring (bicyclic) bond motifs is 1. The average Bonchev–Trinajstić information content (AvgIpc) is 2.90. The van der Waals surface area contributed by atoms with Crippen LogP contribution >= 0.6 is 11.3 Å². The third-order valence-electron chi connectivity index (χ3n) is 2.66. The zero-order chi connectivity index (χ0) is 14.5. The molecule has 0 radical (unpaired) electrons. The van der Waals surface area contributed by atoms with Crippen molar-refractivity contribution in [3.63, 3.8) is 0 Å². The van der Waals surface area contributed by atoms with Crippen LogP contribution in [0.1, 0.15) is 16.1 Å². The Bertz CT molecular complexity index is 638. The Morgan fingerprint density at radius 3 is 2.90 bits per heavy atom. The highest BCUT2D eigenvalue weighted by Gasteiger charge is 2.13. The molecule has 106 valence electrons. The van der Waals surface area contributed by atoms with Gasteiger partial charge in [0.15, 0.2) is 0 Å². The number of carbonyl (C=O) groups is 2. The number of aromatic nitrogens is 1. The van der Waals surface area contributed by atoms with Gasteiger partial charge in [-0.3, -0.25) is 14.6 Å². The number of rotatable bonds is 5. The van der Waals surface area contributed by atoms with E-state index in [0.29, 0.717) is 16.1 Å². The summed E-state index contributed by atoms with van der Waals surface area (Å²) in [5.74, 6) is 0.0949. The van der Waals surface area contributed by atoms with Crippen molar-refractivity contribution in [2.24, 2.45) is 0 Å². The van der Waals surface area contributed by atoms with Gasteiger partial charge in [0.25, 0.3) is 5.91 Å². The fraction of sp³-hybridized carbons (Fsp3) is 0.308. The fourth-order valence-corrected chi connectivity index (χ4v) is 2.68. The lowest BCUT2D eigenvalue weighted by atomic mass is 10.3. The number of ether oxygens (including phenoxy) is 2. The molecule has 2 aromatic heterocycles. The zero-order valence-corrected chi connectivity index (χ0v) is 12.0. The molecule has 2 rings (SSSR count). The molecule has 2 aromatic rings. The number of thiophene rings is 1. The van der Waals surface area contributed by atoms with Crippen LogP contribution in [0.25, 0.3) is 10.2 Å². The summed E-state index contributed by atoms with van der Waals surface area (Å²) in [4.78, 5) is 27.6. The summed E-state index contributed by atoms with van der Waals surface area (Å²) >= 11 is 1.31. The molecule has 1 amide bonds. The normalized spacial score (nSPS) is 10.3. The lowest BCUT2D eigenvalue weighted by Crippen LogP contribution is -2.25. The predicted molar refractivity (Wildman–Crippen MR) is 75.1 cm³/mol. The molecular formula is C13H14N2O4S. The third kappa shape index (κ3) is 3.05. The van der Waals surface area contributed by atoms with Gasteiger partial charge in [-0.2, -0.15) is 0 Å². The van der Waals surface area contributed by atoms with E-state index in [0.717, 1.165) is 4.70 Å². The van der Waals surface area contributed by atoms with Gasteiger partial charge in [-0.15, -0.1) is 11.3 Å². The van der Waals surface area contributed by atoms with Gasteiger partial charge < -0.3 is 14.8 Å². The van der Waals surface area contributed by atoms with Crippen molar-refractivity contribution < 1.29 is 19.1 Å². The van der Waals surface area contributed by atoms with Crippen LogP contribution in [0.15, 0.2) is 18.3 Å². The molecule has 0 bridgehead atoms. The minimum absolute atomic E-state index is 0.148. The molecule has 6 nitrogen and oxygen atoms in total. The molecule has 2 heterocycles. The number of hydrogen-bond acceptors (Lipinski definition) is 6. The maximum absolute atomic E-state index is 12.0. The highest BCUT2D eigenvalue weighted by molar-refractivity contribution is 7.21. The van der Waals surface area contributed by atoms with Crippen molar-refractivity contribution in [1.82, 2.24) is 10.3 Å². The van der Waals surface area contributed by atoms with Gasteiger partial charge in [-0.25, -0.2) is 0 Å². The second-order valence-corrected chi connectivity index (χ2v) is 4.97. The fourth-order valence-electron chi connectivity index (χ4n) is 1.65. The molecule has 0 saturated carbocycles. The smallest absolute Gasteiger partial charge is 0.307 e. The van der Waals surface area contributed by atoms with Gasteiger partial charge in [-0.1, -0.05) is 0 Å². The Morgan fingerprint density at radius 1 is 1.40 bits per heavy atom. The first-order valence-corrected chi connectivity index (χ1v) is 6.75. The molecule has 0 aromatic carbocycles. The third-order valence-corrected chi connectivity index (χ3v) is 3.80. The molecule has 0 atom stereocenters. The summed E-state index contributed by atoms with van der Waals surface area (Å²) in [6.07, 6.45) is 1.78. The average molecular weight is 294 g/mol. The lowest BCUT2D eigenvalue weighted by Gasteiger charge is -2.01. The summed E-state index contributed by atoms with van der Waals surface area (Å²) < 4.78 is 10.6. The van der Waals surface area contributed by atoms with E-state index in [1.54, 1.807) is 25.4 Å². The van der Waals surface area contributed by atoms with Crippen LogP contribution < -0.4 is 10.1 Å². The molecule has 0 saturated heterocycles. The monoisotopic (exact) mass is 294 g/mol. The second-order valence-electron chi connectivity index (χ2n) is 3.92. The molecule has 7 heteroatoms. The van der Waals surface area contributed by atoms with Crippen molar-refractivity contribution in [2.45, 2.75) is 6.42 Å². The number of pyridine rings is 1. The molecule has 0 aliphatic rings. The highest BCUT2D eigenvalue weighted by atomic mass is 32.1. The summed E-state index contributed by atoms with van der Waals surface area (Å²) in [6.45, 7) is 0.240. The van der Waals surface area contributed by atoms with Gasteiger partial charge in [-0.05, 0) is 12.1 Å². The van der Waals surface area contributed by atoms with E-state index in [9.17, 15) is 9.59 Å². The number of nitrogens with one attached hydrogen (secondary N) is 1. The van der Waals surface area contributed by atoms with Crippen LogP contribution in [0.5, 0.6) is 5.75 Å². The van der Waals surface area contributed by atoms with Gasteiger partial charge >= 0.3 is 5.97 Å². The summed E-state index contributed by atoms with van der Waals surface area (Å²) in [5.41, 5.74) is 0.715. The second kappa shape index (κ2) is 6.33. The van der Waals surface area contributed by atoms with Crippen LogP contribution in [-0.4, -0.2) is 37.6 Å². The van der Waals surface area contributed by atoms with Gasteiger partial charge in [0, 0.05) is 12.7 Å². The van der Waals surface area contributed by atoms with Gasteiger partial charge in [0.1, 0.15) is 5.75 Å². The Labute approximate surface area is 119 Å². The molecule has 1 N–H and O–H groups in total. The van der Waals surface area contributed by atoms with Crippen molar-refractivity contribution in [2.75, 3.05) is 20.8 Å². The van der Waals surface area contributed by atoms with E-state index in [-0.39, 0.29) is 24.8 Å². The number of amides is 1. The minimum atomic E-state index is -0.357. The Kier molecular flexibility index (Phi) is 4.52. The van der Waals surface area contributed by atoms with Crippen LogP contribution in [0, 0.1) is 0 Å². The quantitative estimate of drug-likeness (QED) is 0.847. The van der Waals surface area contributed by atoms with Crippen molar-refractivity contribution in [3.05, 3.63) is 23.2 Å². The van der Waals surface area contributed by atoms with Gasteiger partial charge in [0.2, 0.25) is 0 Å². The topological polar surface area (TPSA) is 77.5 Å². The van der Waals surface area contributed by atoms with Crippen molar-refractivity contribution in [1.29, 1.82) is 0 Å². The van der Waals surface area contributed by atoms with Crippen LogP contribution in [0.3, 0.4) is 0 Å². The zero-order valence-electron chi connectivity index (χ0n) is 11.1. The van der Waals surface area contributed by atoms with Gasteiger partial charge in [0.05, 0.1) is 35.7 Å². The van der Waals surface area contributed by atoms with Crippen LogP contribution in [0.4, 0.5) is 0 Å². The Hall–Kier alpha value is -2.15. The first-order valence-electron chi connectivity index (χ1n) is 5.93. The van der Waals surface area contributed by atoms with E-state index in [2.05, 4.69) is 15.0 Å². The maximum atomic E-state index is 12.0. The van der Waals surface area contributed by atoms with Crippen molar-refractivity contribution >= 4 is 33.4 Å². The first kappa shape index (κ1) is 14.3. The first-order chi connectivity index (χ1) is 9.65. The molecule has 20 heavy (non-hydrogen) atoms. The van der Waals surface area contributed by atoms with E-state index in [1.165, 1.54) is 18.4 Å². The number of esters is 1. The molecular weight excluding hydrogens is 280 g/mol. The minimum Gasteiger partial charge on any atom is -0.495 e. The number of hydrogen-bond donors (Lipinski definition) is 1. The van der Waals surface area contributed by atoms with Crippen LogP contribution in [0.2, 0.25) is 0 Å². The maximum Gasteiger partial charge on any atom is 0.307 e. The van der Waals surface area contributed by atoms with E-state index < -0.39 is 0 Å². The van der Waals surface area contributed by atoms with E-state index >= 15 is 0 Å². The number of carbonyl (C=O) groups excluding carboxylic acids is 2. The largest absolute Gasteiger partial charge is 0.495 e. The molecule has 0 spiro atoms. The van der Waals surface area contributed by atoms with Crippen LogP contribution in [-0.2, 0) is 9.53 Å². The summed E-state index contributed by atoms with van der Waals surface area (Å²) in [6, 6.07) is 3.45. The summed E-state index contributed by atoms with van der Waals surface area (Å²) in [7, 11) is 2.89. The standard InChI is InChI=1S/C13H14N2O4S/c1-18-9-3-5-14-8-7-10(20-12(8)9)13(17)15-6-4-11(16)19-2/h3,5,7H,4,6H2,1-2H3,(H,15,17). The SMILES string of the molecule is COC(=O)CCNC(=O)c1cc2nccc(OC)c2s1. The summed E-state index contributed by atoms with van der Waals surface area (Å²) in [5, 5.41) is 2.66. The molecule has 0 aliphatic heterocycles. The molecule has 0 aliphatic carbocycles. The van der Waals surface area contributed by atoms with E-state index in [1.807, 2.05) is 0 Å². The molecule has 0 fully saturated rings.